The second kappa shape index (κ2) is 11.2. The summed E-state index contributed by atoms with van der Waals surface area (Å²) >= 11 is 0. The molecule has 2 amide bonds. The minimum atomic E-state index is -0.997. The van der Waals surface area contributed by atoms with Crippen molar-refractivity contribution < 1.29 is 24.2 Å². The Morgan fingerprint density at radius 1 is 0.912 bits per heavy atom. The average Bonchev–Trinajstić information content (AvgIpc) is 2.87. The van der Waals surface area contributed by atoms with Gasteiger partial charge >= 0.3 is 12.2 Å². The zero-order valence-corrected chi connectivity index (χ0v) is 18.8. The van der Waals surface area contributed by atoms with Crippen molar-refractivity contribution in [1.82, 2.24) is 10.2 Å². The zero-order valence-electron chi connectivity index (χ0n) is 18.8. The van der Waals surface area contributed by atoms with E-state index in [1.54, 1.807) is 0 Å². The van der Waals surface area contributed by atoms with Gasteiger partial charge in [-0.1, -0.05) is 72.8 Å². The highest BCUT2D eigenvalue weighted by Gasteiger charge is 2.34. The number of nitrogens with one attached hydrogen (secondary N) is 1. The van der Waals surface area contributed by atoms with Crippen LogP contribution in [0.2, 0.25) is 0 Å². The van der Waals surface area contributed by atoms with Gasteiger partial charge in [0.05, 0.1) is 6.04 Å². The summed E-state index contributed by atoms with van der Waals surface area (Å²) in [6.45, 7) is 1.19. The Morgan fingerprint density at radius 3 is 2.26 bits per heavy atom. The predicted octanol–water partition coefficient (Wildman–Crippen LogP) is 5.03. The lowest BCUT2D eigenvalue weighted by Gasteiger charge is -2.37. The Kier molecular flexibility index (Phi) is 7.65. The summed E-state index contributed by atoms with van der Waals surface area (Å²) in [4.78, 5) is 25.4. The number of nitrogens with zero attached hydrogens (tertiary/aromatic N) is 1. The van der Waals surface area contributed by atoms with E-state index in [9.17, 15) is 14.7 Å². The summed E-state index contributed by atoms with van der Waals surface area (Å²) in [6, 6.07) is 26.7. The normalized spacial score (nSPS) is 17.6. The molecule has 0 unspecified atom stereocenters. The van der Waals surface area contributed by atoms with E-state index in [0.717, 1.165) is 22.4 Å². The number of carbonyl (C=O) groups is 2. The molecule has 2 N–H and O–H groups in total. The van der Waals surface area contributed by atoms with Gasteiger partial charge in [-0.15, -0.1) is 0 Å². The number of benzene rings is 3. The first-order valence-electron chi connectivity index (χ1n) is 11.3. The van der Waals surface area contributed by atoms with E-state index in [-0.39, 0.29) is 19.1 Å². The third-order valence-electron chi connectivity index (χ3n) is 5.93. The molecular formula is C27H28N2O5. The van der Waals surface area contributed by atoms with Crippen molar-refractivity contribution in [3.05, 3.63) is 102 Å². The van der Waals surface area contributed by atoms with Crippen LogP contribution >= 0.6 is 0 Å². The molecule has 0 aromatic heterocycles. The first-order chi connectivity index (χ1) is 16.6. The molecule has 1 fully saturated rings. The summed E-state index contributed by atoms with van der Waals surface area (Å²) in [7, 11) is 0. The fourth-order valence-corrected chi connectivity index (χ4v) is 4.16. The van der Waals surface area contributed by atoms with Gasteiger partial charge in [-0.25, -0.2) is 9.59 Å². The van der Waals surface area contributed by atoms with Crippen LogP contribution in [-0.2, 0) is 18.0 Å². The van der Waals surface area contributed by atoms with Gasteiger partial charge in [-0.2, -0.15) is 0 Å². The predicted molar refractivity (Wildman–Crippen MR) is 128 cm³/mol. The van der Waals surface area contributed by atoms with Crippen molar-refractivity contribution in [2.75, 3.05) is 13.1 Å². The number of hydrogen-bond donors (Lipinski definition) is 2. The van der Waals surface area contributed by atoms with Crippen molar-refractivity contribution in [3.63, 3.8) is 0 Å². The third kappa shape index (κ3) is 6.28. The molecule has 1 heterocycles. The maximum atomic E-state index is 12.5. The molecule has 3 aromatic carbocycles. The topological polar surface area (TPSA) is 88.1 Å². The van der Waals surface area contributed by atoms with Crippen LogP contribution in [0.25, 0.3) is 0 Å². The maximum absolute atomic E-state index is 12.5. The Hall–Kier alpha value is -4.00. The minimum Gasteiger partial charge on any atom is -0.489 e. The van der Waals surface area contributed by atoms with E-state index in [4.69, 9.17) is 9.47 Å². The van der Waals surface area contributed by atoms with Gasteiger partial charge in [0.25, 0.3) is 0 Å². The van der Waals surface area contributed by atoms with Crippen LogP contribution in [0.3, 0.4) is 0 Å². The number of carbonyl (C=O) groups excluding carboxylic acids is 1. The average molecular weight is 461 g/mol. The monoisotopic (exact) mass is 460 g/mol. The molecule has 4 rings (SSSR count). The van der Waals surface area contributed by atoms with Gasteiger partial charge in [0.2, 0.25) is 0 Å². The molecule has 0 radical (unpaired) electrons. The summed E-state index contributed by atoms with van der Waals surface area (Å²) < 4.78 is 11.4. The number of alkyl carbamates (subject to hydrolysis) is 1. The fourth-order valence-electron chi connectivity index (χ4n) is 4.16. The smallest absolute Gasteiger partial charge is 0.407 e. The molecule has 3 aromatic rings. The molecule has 0 aliphatic carbocycles. The second-order valence-corrected chi connectivity index (χ2v) is 8.28. The molecule has 1 aliphatic rings. The number of rotatable bonds is 7. The summed E-state index contributed by atoms with van der Waals surface area (Å²) in [5, 5.41) is 12.4. The van der Waals surface area contributed by atoms with Crippen LogP contribution in [0.4, 0.5) is 9.59 Å². The standard InChI is InChI=1S/C27H28N2O5/c30-26(34-19-21-10-5-2-6-11-21)28-25-17-29(27(31)32)15-14-24(25)22-12-7-13-23(16-22)33-18-20-8-3-1-4-9-20/h1-13,16,24-25H,14-15,17-19H2,(H,28,30)(H,31,32)/t24-,25+/m1/s1. The van der Waals surface area contributed by atoms with Crippen molar-refractivity contribution in [2.24, 2.45) is 0 Å². The number of ether oxygens (including phenoxy) is 2. The highest BCUT2D eigenvalue weighted by atomic mass is 16.5. The summed E-state index contributed by atoms with van der Waals surface area (Å²) in [5.74, 6) is 0.660. The Bertz CT molecular complexity index is 1090. The number of hydrogen-bond acceptors (Lipinski definition) is 4. The van der Waals surface area contributed by atoms with Gasteiger partial charge < -0.3 is 24.8 Å². The largest absolute Gasteiger partial charge is 0.489 e. The van der Waals surface area contributed by atoms with Crippen molar-refractivity contribution >= 4 is 12.2 Å². The van der Waals surface area contributed by atoms with Gasteiger partial charge in [-0.3, -0.25) is 0 Å². The van der Waals surface area contributed by atoms with Crippen LogP contribution < -0.4 is 10.1 Å². The Labute approximate surface area is 198 Å². The van der Waals surface area contributed by atoms with Gasteiger partial charge in [0, 0.05) is 19.0 Å². The van der Waals surface area contributed by atoms with Gasteiger partial charge in [0.15, 0.2) is 0 Å². The van der Waals surface area contributed by atoms with Crippen LogP contribution in [0, 0.1) is 0 Å². The highest BCUT2D eigenvalue weighted by Crippen LogP contribution is 2.31. The summed E-state index contributed by atoms with van der Waals surface area (Å²) in [6.07, 6.45) is -0.983. The quantitative estimate of drug-likeness (QED) is 0.516. The highest BCUT2D eigenvalue weighted by molar-refractivity contribution is 5.69. The second-order valence-electron chi connectivity index (χ2n) is 8.28. The number of piperidine rings is 1. The minimum absolute atomic E-state index is 0.0693. The van der Waals surface area contributed by atoms with E-state index in [1.165, 1.54) is 4.90 Å². The molecular weight excluding hydrogens is 432 g/mol. The Morgan fingerprint density at radius 2 is 1.59 bits per heavy atom. The molecule has 7 nitrogen and oxygen atoms in total. The van der Waals surface area contributed by atoms with E-state index in [0.29, 0.717) is 19.6 Å². The third-order valence-corrected chi connectivity index (χ3v) is 5.93. The van der Waals surface area contributed by atoms with E-state index in [1.807, 2.05) is 84.9 Å². The van der Waals surface area contributed by atoms with Gasteiger partial charge in [-0.05, 0) is 35.2 Å². The number of carboxylic acid groups (broad SMARTS) is 1. The van der Waals surface area contributed by atoms with Crippen LogP contribution in [-0.4, -0.2) is 41.3 Å². The zero-order chi connectivity index (χ0) is 23.8. The van der Waals surface area contributed by atoms with Crippen LogP contribution in [0.15, 0.2) is 84.9 Å². The first-order valence-corrected chi connectivity index (χ1v) is 11.3. The molecule has 1 saturated heterocycles. The molecule has 176 valence electrons. The van der Waals surface area contributed by atoms with Gasteiger partial charge in [0.1, 0.15) is 19.0 Å². The number of likely N-dealkylation sites (tertiary alicyclic amines) is 1. The fraction of sp³-hybridized carbons (Fsp3) is 0.259. The maximum Gasteiger partial charge on any atom is 0.407 e. The first kappa shape index (κ1) is 23.2. The van der Waals surface area contributed by atoms with E-state index < -0.39 is 18.2 Å². The van der Waals surface area contributed by atoms with Crippen molar-refractivity contribution in [2.45, 2.75) is 31.6 Å². The lowest BCUT2D eigenvalue weighted by Crippen LogP contribution is -2.53. The molecule has 0 saturated carbocycles. The molecule has 0 spiro atoms. The molecule has 1 aliphatic heterocycles. The SMILES string of the molecule is O=C(N[C@H]1CN(C(=O)O)CC[C@@H]1c1cccc(OCc2ccccc2)c1)OCc1ccccc1. The van der Waals surface area contributed by atoms with Crippen molar-refractivity contribution in [3.8, 4) is 5.75 Å². The van der Waals surface area contributed by atoms with Crippen LogP contribution in [0.1, 0.15) is 29.0 Å². The van der Waals surface area contributed by atoms with E-state index >= 15 is 0 Å². The molecule has 2 atom stereocenters. The van der Waals surface area contributed by atoms with E-state index in [2.05, 4.69) is 5.32 Å². The van der Waals surface area contributed by atoms with Crippen LogP contribution in [0.5, 0.6) is 5.75 Å². The Balaban J connectivity index is 1.43. The number of amides is 2. The molecule has 0 bridgehead atoms. The van der Waals surface area contributed by atoms with Crippen molar-refractivity contribution in [1.29, 1.82) is 0 Å². The molecule has 34 heavy (non-hydrogen) atoms. The summed E-state index contributed by atoms with van der Waals surface area (Å²) in [5.41, 5.74) is 2.95. The lowest BCUT2D eigenvalue weighted by molar-refractivity contribution is 0.106. The molecule has 7 heteroatoms. The lowest BCUT2D eigenvalue weighted by atomic mass is 9.85.